The van der Waals surface area contributed by atoms with Gasteiger partial charge < -0.3 is 19.5 Å². The van der Waals surface area contributed by atoms with E-state index < -0.39 is 26.0 Å². The Morgan fingerprint density at radius 3 is 2.45 bits per heavy atom. The highest BCUT2D eigenvalue weighted by Gasteiger charge is 2.37. The maximum absolute atomic E-state index is 14.3. The molecule has 0 saturated carbocycles. The van der Waals surface area contributed by atoms with Crippen molar-refractivity contribution in [2.24, 2.45) is 0 Å². The number of nitrogens with zero attached hydrogens (tertiary/aromatic N) is 1. The molecule has 2 aromatic rings. The minimum atomic E-state index is -2.05. The number of halogens is 1. The fourth-order valence-electron chi connectivity index (χ4n) is 4.88. The normalized spacial score (nSPS) is 14.7. The molecule has 1 aliphatic heterocycles. The number of benzene rings is 2. The van der Waals surface area contributed by atoms with Crippen molar-refractivity contribution in [3.8, 4) is 5.75 Å². The number of anilines is 1. The monoisotopic (exact) mass is 473 g/mol. The first-order chi connectivity index (χ1) is 15.4. The number of para-hydroxylation sites is 1. The summed E-state index contributed by atoms with van der Waals surface area (Å²) in [6.45, 7) is 12.4. The maximum atomic E-state index is 14.3. The van der Waals surface area contributed by atoms with E-state index >= 15 is 0 Å². The van der Waals surface area contributed by atoms with Crippen molar-refractivity contribution in [2.45, 2.75) is 59.5 Å². The first-order valence-electron chi connectivity index (χ1n) is 11.1. The molecule has 1 amide bonds. The molecule has 1 N–H and O–H groups in total. The van der Waals surface area contributed by atoms with E-state index in [9.17, 15) is 19.1 Å². The van der Waals surface area contributed by atoms with E-state index in [0.717, 1.165) is 27.4 Å². The predicted octanol–water partition coefficient (Wildman–Crippen LogP) is 3.68. The molecule has 3 rings (SSSR count). The van der Waals surface area contributed by atoms with Crippen LogP contribution in [0.15, 0.2) is 18.2 Å². The summed E-state index contributed by atoms with van der Waals surface area (Å²) in [6.07, 6.45) is -1.33. The Morgan fingerprint density at radius 1 is 1.21 bits per heavy atom. The van der Waals surface area contributed by atoms with Crippen molar-refractivity contribution in [3.63, 3.8) is 0 Å². The summed E-state index contributed by atoms with van der Waals surface area (Å²) in [5, 5.41) is 11.9. The standard InChI is InChI=1S/C25H32FNO5Si/c1-8-32-25(30)22(29)21-14(2)16-12-20(28)27(19-11-9-10-18(26)23(19)31-4)13-17(16)15(3)24(21)33(5,6)7/h9-11,22,29H,8,12-13H2,1-7H3/t22-/m0/s1. The van der Waals surface area contributed by atoms with Crippen LogP contribution in [0.4, 0.5) is 10.1 Å². The number of carbonyl (C=O) groups excluding carboxylic acids is 2. The summed E-state index contributed by atoms with van der Waals surface area (Å²) < 4.78 is 24.7. The van der Waals surface area contributed by atoms with Crippen LogP contribution in [0.5, 0.6) is 5.75 Å². The number of esters is 1. The minimum absolute atomic E-state index is 0.0310. The Bertz CT molecular complexity index is 1110. The third kappa shape index (κ3) is 4.41. The zero-order chi connectivity index (χ0) is 24.7. The third-order valence-electron chi connectivity index (χ3n) is 6.24. The molecule has 178 valence electrons. The summed E-state index contributed by atoms with van der Waals surface area (Å²) in [7, 11) is -0.665. The molecule has 1 atom stereocenters. The summed E-state index contributed by atoms with van der Waals surface area (Å²) >= 11 is 0. The van der Waals surface area contributed by atoms with Crippen molar-refractivity contribution in [1.82, 2.24) is 0 Å². The number of ether oxygens (including phenoxy) is 2. The van der Waals surface area contributed by atoms with E-state index in [1.807, 2.05) is 13.8 Å². The zero-order valence-corrected chi connectivity index (χ0v) is 21.3. The lowest BCUT2D eigenvalue weighted by molar-refractivity contribution is -0.153. The summed E-state index contributed by atoms with van der Waals surface area (Å²) in [5.41, 5.74) is 4.43. The lowest BCUT2D eigenvalue weighted by atomic mass is 9.86. The molecule has 33 heavy (non-hydrogen) atoms. The topological polar surface area (TPSA) is 76.1 Å². The van der Waals surface area contributed by atoms with Gasteiger partial charge in [-0.1, -0.05) is 30.9 Å². The quantitative estimate of drug-likeness (QED) is 0.512. The van der Waals surface area contributed by atoms with Crippen LogP contribution in [0.1, 0.15) is 40.8 Å². The molecule has 0 spiro atoms. The van der Waals surface area contributed by atoms with Crippen LogP contribution in [0, 0.1) is 19.7 Å². The molecular weight excluding hydrogens is 441 g/mol. The van der Waals surface area contributed by atoms with Crippen molar-refractivity contribution < 1.29 is 28.6 Å². The molecule has 0 aromatic heterocycles. The van der Waals surface area contributed by atoms with Gasteiger partial charge in [0.25, 0.3) is 0 Å². The molecule has 6 nitrogen and oxygen atoms in total. The molecule has 1 heterocycles. The van der Waals surface area contributed by atoms with Crippen molar-refractivity contribution in [1.29, 1.82) is 0 Å². The lowest BCUT2D eigenvalue weighted by Gasteiger charge is -2.36. The van der Waals surface area contributed by atoms with Crippen LogP contribution in [-0.2, 0) is 27.3 Å². The summed E-state index contributed by atoms with van der Waals surface area (Å²) in [5.74, 6) is -1.39. The van der Waals surface area contributed by atoms with Gasteiger partial charge in [-0.05, 0) is 60.7 Å². The average molecular weight is 474 g/mol. The number of fused-ring (bicyclic) bond motifs is 1. The SMILES string of the molecule is CCOC(=O)[C@@H](O)c1c(C)c2c(c(C)c1[Si](C)(C)C)CN(c1cccc(F)c1OC)C(=O)C2. The maximum Gasteiger partial charge on any atom is 0.339 e. The number of hydrogen-bond acceptors (Lipinski definition) is 5. The zero-order valence-electron chi connectivity index (χ0n) is 20.3. The van der Waals surface area contributed by atoms with E-state index in [1.165, 1.54) is 13.2 Å². The predicted molar refractivity (Wildman–Crippen MR) is 128 cm³/mol. The Kier molecular flexibility index (Phi) is 7.00. The van der Waals surface area contributed by atoms with Crippen LogP contribution in [0.2, 0.25) is 19.6 Å². The van der Waals surface area contributed by atoms with Gasteiger partial charge in [0.15, 0.2) is 17.7 Å². The Morgan fingerprint density at radius 2 is 1.88 bits per heavy atom. The molecule has 0 unspecified atom stereocenters. The van der Waals surface area contributed by atoms with Gasteiger partial charge in [-0.15, -0.1) is 0 Å². The summed E-state index contributed by atoms with van der Waals surface area (Å²) in [4.78, 5) is 27.2. The Hall–Kier alpha value is -2.71. The number of hydrogen-bond donors (Lipinski definition) is 1. The molecule has 0 saturated heterocycles. The van der Waals surface area contributed by atoms with Gasteiger partial charge >= 0.3 is 5.97 Å². The van der Waals surface area contributed by atoms with Gasteiger partial charge in [-0.25, -0.2) is 9.18 Å². The van der Waals surface area contributed by atoms with Gasteiger partial charge in [0.2, 0.25) is 5.91 Å². The molecule has 0 bridgehead atoms. The van der Waals surface area contributed by atoms with Crippen LogP contribution in [-0.4, -0.2) is 38.8 Å². The average Bonchev–Trinajstić information content (AvgIpc) is 2.74. The van der Waals surface area contributed by atoms with E-state index in [4.69, 9.17) is 9.47 Å². The van der Waals surface area contributed by atoms with Crippen LogP contribution >= 0.6 is 0 Å². The van der Waals surface area contributed by atoms with Gasteiger partial charge in [-0.3, -0.25) is 4.79 Å². The third-order valence-corrected chi connectivity index (χ3v) is 8.38. The number of carbonyl (C=O) groups is 2. The van der Waals surface area contributed by atoms with Gasteiger partial charge in [0.1, 0.15) is 0 Å². The van der Waals surface area contributed by atoms with E-state index in [2.05, 4.69) is 19.6 Å². The van der Waals surface area contributed by atoms with E-state index in [-0.39, 0.29) is 31.2 Å². The fourth-order valence-corrected chi connectivity index (χ4v) is 7.29. The van der Waals surface area contributed by atoms with Crippen LogP contribution in [0.25, 0.3) is 0 Å². The first kappa shape index (κ1) is 24.9. The molecule has 8 heteroatoms. The van der Waals surface area contributed by atoms with Crippen molar-refractivity contribution in [3.05, 3.63) is 51.8 Å². The number of methoxy groups -OCH3 is 1. The number of amides is 1. The molecule has 0 aliphatic carbocycles. The number of aliphatic hydroxyl groups excluding tert-OH is 1. The second kappa shape index (κ2) is 9.27. The van der Waals surface area contributed by atoms with Gasteiger partial charge in [-0.2, -0.15) is 0 Å². The molecule has 1 aliphatic rings. The summed E-state index contributed by atoms with van der Waals surface area (Å²) in [6, 6.07) is 4.53. The molecule has 2 aromatic carbocycles. The first-order valence-corrected chi connectivity index (χ1v) is 14.6. The van der Waals surface area contributed by atoms with Gasteiger partial charge in [0, 0.05) is 0 Å². The van der Waals surface area contributed by atoms with Crippen molar-refractivity contribution in [2.75, 3.05) is 18.6 Å². The minimum Gasteiger partial charge on any atom is -0.492 e. The number of rotatable bonds is 6. The second-order valence-electron chi connectivity index (χ2n) is 9.35. The van der Waals surface area contributed by atoms with Gasteiger partial charge in [0.05, 0.1) is 40.4 Å². The largest absolute Gasteiger partial charge is 0.492 e. The molecular formula is C25H32FNO5Si. The van der Waals surface area contributed by atoms with E-state index in [0.29, 0.717) is 11.3 Å². The number of aliphatic hydroxyl groups is 1. The fraction of sp³-hybridized carbons (Fsp3) is 0.440. The Labute approximate surface area is 195 Å². The molecule has 0 radical (unpaired) electrons. The highest BCUT2D eigenvalue weighted by molar-refractivity contribution is 6.89. The smallest absolute Gasteiger partial charge is 0.339 e. The molecule has 0 fully saturated rings. The highest BCUT2D eigenvalue weighted by Crippen LogP contribution is 2.38. The van der Waals surface area contributed by atoms with Crippen molar-refractivity contribution >= 4 is 30.8 Å². The van der Waals surface area contributed by atoms with E-state index in [1.54, 1.807) is 24.0 Å². The Balaban J connectivity index is 2.23. The lowest BCUT2D eigenvalue weighted by Crippen LogP contribution is -2.47. The second-order valence-corrected chi connectivity index (χ2v) is 14.3. The van der Waals surface area contributed by atoms with Crippen LogP contribution in [0.3, 0.4) is 0 Å². The van der Waals surface area contributed by atoms with Crippen LogP contribution < -0.4 is 14.8 Å². The highest BCUT2D eigenvalue weighted by atomic mass is 28.3.